The highest BCUT2D eigenvalue weighted by atomic mass is 35.5. The smallest absolute Gasteiger partial charge is 0.252 e. The third kappa shape index (κ3) is 5.01. The SMILES string of the molecule is CSc1ccc(C(=O)NCCNC(=O)c2ccccc2Cl)cc1. The number of carbonyl (C=O) groups excluding carboxylic acids is 2. The summed E-state index contributed by atoms with van der Waals surface area (Å²) in [4.78, 5) is 25.0. The normalized spacial score (nSPS) is 10.2. The number of benzene rings is 2. The highest BCUT2D eigenvalue weighted by Crippen LogP contribution is 2.15. The zero-order chi connectivity index (χ0) is 16.7. The highest BCUT2D eigenvalue weighted by molar-refractivity contribution is 7.98. The summed E-state index contributed by atoms with van der Waals surface area (Å²) in [6.45, 7) is 0.679. The number of hydrogen-bond donors (Lipinski definition) is 2. The van der Waals surface area contributed by atoms with Crippen molar-refractivity contribution in [3.63, 3.8) is 0 Å². The molecule has 0 aliphatic carbocycles. The van der Waals surface area contributed by atoms with Crippen molar-refractivity contribution in [2.24, 2.45) is 0 Å². The fourth-order valence-electron chi connectivity index (χ4n) is 1.94. The van der Waals surface area contributed by atoms with Gasteiger partial charge < -0.3 is 10.6 Å². The van der Waals surface area contributed by atoms with E-state index in [1.54, 1.807) is 48.2 Å². The van der Waals surface area contributed by atoms with Gasteiger partial charge in [-0.2, -0.15) is 0 Å². The Morgan fingerprint density at radius 3 is 2.17 bits per heavy atom. The molecule has 4 nitrogen and oxygen atoms in total. The Morgan fingerprint density at radius 2 is 1.57 bits per heavy atom. The van der Waals surface area contributed by atoms with Gasteiger partial charge in [0.1, 0.15) is 0 Å². The van der Waals surface area contributed by atoms with Crippen molar-refractivity contribution in [3.8, 4) is 0 Å². The number of hydrogen-bond acceptors (Lipinski definition) is 3. The van der Waals surface area contributed by atoms with Crippen LogP contribution < -0.4 is 10.6 Å². The minimum atomic E-state index is -0.255. The number of nitrogens with one attached hydrogen (secondary N) is 2. The van der Waals surface area contributed by atoms with Crippen LogP contribution in [-0.4, -0.2) is 31.2 Å². The predicted molar refractivity (Wildman–Crippen MR) is 94.3 cm³/mol. The Labute approximate surface area is 144 Å². The molecule has 0 saturated carbocycles. The molecular weight excluding hydrogens is 332 g/mol. The second-order valence-electron chi connectivity index (χ2n) is 4.72. The quantitative estimate of drug-likeness (QED) is 0.622. The summed E-state index contributed by atoms with van der Waals surface area (Å²) >= 11 is 7.58. The summed E-state index contributed by atoms with van der Waals surface area (Å²) < 4.78 is 0. The molecule has 0 unspecified atom stereocenters. The van der Waals surface area contributed by atoms with Gasteiger partial charge in [-0.05, 0) is 42.7 Å². The third-order valence-electron chi connectivity index (χ3n) is 3.17. The van der Waals surface area contributed by atoms with E-state index in [9.17, 15) is 9.59 Å². The van der Waals surface area contributed by atoms with Crippen LogP contribution in [0.25, 0.3) is 0 Å². The van der Waals surface area contributed by atoms with E-state index in [1.165, 1.54) is 0 Å². The van der Waals surface area contributed by atoms with Crippen LogP contribution in [0.1, 0.15) is 20.7 Å². The van der Waals surface area contributed by atoms with E-state index in [-0.39, 0.29) is 11.8 Å². The number of rotatable bonds is 6. The Balaban J connectivity index is 1.77. The monoisotopic (exact) mass is 348 g/mol. The molecule has 0 spiro atoms. The molecule has 0 bridgehead atoms. The number of carbonyl (C=O) groups is 2. The molecule has 2 aromatic carbocycles. The average Bonchev–Trinajstić information content (AvgIpc) is 2.58. The number of halogens is 1. The summed E-state index contributed by atoms with van der Waals surface area (Å²) in [6, 6.07) is 14.2. The van der Waals surface area contributed by atoms with Crippen molar-refractivity contribution in [1.82, 2.24) is 10.6 Å². The van der Waals surface area contributed by atoms with Crippen molar-refractivity contribution in [1.29, 1.82) is 0 Å². The van der Waals surface area contributed by atoms with E-state index in [1.807, 2.05) is 18.4 Å². The van der Waals surface area contributed by atoms with Gasteiger partial charge in [-0.3, -0.25) is 9.59 Å². The summed E-state index contributed by atoms with van der Waals surface area (Å²) in [6.07, 6.45) is 1.98. The third-order valence-corrected chi connectivity index (χ3v) is 4.24. The molecule has 2 aromatic rings. The zero-order valence-corrected chi connectivity index (χ0v) is 14.2. The largest absolute Gasteiger partial charge is 0.350 e. The lowest BCUT2D eigenvalue weighted by molar-refractivity contribution is 0.0927. The molecule has 0 aromatic heterocycles. The van der Waals surface area contributed by atoms with E-state index in [0.29, 0.717) is 29.2 Å². The van der Waals surface area contributed by atoms with Crippen LogP contribution in [-0.2, 0) is 0 Å². The van der Waals surface area contributed by atoms with Gasteiger partial charge in [-0.1, -0.05) is 23.7 Å². The van der Waals surface area contributed by atoms with E-state index in [4.69, 9.17) is 11.6 Å². The van der Waals surface area contributed by atoms with Gasteiger partial charge >= 0.3 is 0 Å². The van der Waals surface area contributed by atoms with Crippen LogP contribution in [0.5, 0.6) is 0 Å². The van der Waals surface area contributed by atoms with Gasteiger partial charge in [0.05, 0.1) is 10.6 Å². The van der Waals surface area contributed by atoms with Crippen LogP contribution in [0.2, 0.25) is 5.02 Å². The van der Waals surface area contributed by atoms with Crippen LogP contribution in [0.3, 0.4) is 0 Å². The molecule has 120 valence electrons. The second-order valence-corrected chi connectivity index (χ2v) is 6.01. The first-order valence-corrected chi connectivity index (χ1v) is 8.67. The maximum atomic E-state index is 12.0. The molecule has 0 aliphatic heterocycles. The first-order chi connectivity index (χ1) is 11.1. The Kier molecular flexibility index (Phi) is 6.50. The zero-order valence-electron chi connectivity index (χ0n) is 12.6. The van der Waals surface area contributed by atoms with Gasteiger partial charge in [-0.15, -0.1) is 11.8 Å². The topological polar surface area (TPSA) is 58.2 Å². The molecule has 2 amide bonds. The Bertz CT molecular complexity index is 689. The fourth-order valence-corrected chi connectivity index (χ4v) is 2.57. The van der Waals surface area contributed by atoms with Crippen molar-refractivity contribution < 1.29 is 9.59 Å². The van der Waals surface area contributed by atoms with Gasteiger partial charge in [0.25, 0.3) is 11.8 Å². The molecule has 2 rings (SSSR count). The first-order valence-electron chi connectivity index (χ1n) is 7.07. The lowest BCUT2D eigenvalue weighted by atomic mass is 10.2. The van der Waals surface area contributed by atoms with Crippen LogP contribution in [0.15, 0.2) is 53.4 Å². The van der Waals surface area contributed by atoms with E-state index < -0.39 is 0 Å². The van der Waals surface area contributed by atoms with Crippen molar-refractivity contribution in [2.45, 2.75) is 4.90 Å². The maximum Gasteiger partial charge on any atom is 0.252 e. The van der Waals surface area contributed by atoms with E-state index >= 15 is 0 Å². The minimum absolute atomic E-state index is 0.162. The molecule has 0 fully saturated rings. The molecule has 0 radical (unpaired) electrons. The first kappa shape index (κ1) is 17.4. The van der Waals surface area contributed by atoms with Crippen molar-refractivity contribution in [3.05, 3.63) is 64.7 Å². The average molecular weight is 349 g/mol. The molecule has 0 heterocycles. The van der Waals surface area contributed by atoms with E-state index in [2.05, 4.69) is 10.6 Å². The summed E-state index contributed by atoms with van der Waals surface area (Å²) in [5.41, 5.74) is 1.02. The maximum absolute atomic E-state index is 12.0. The molecule has 0 saturated heterocycles. The molecule has 6 heteroatoms. The lowest BCUT2D eigenvalue weighted by Crippen LogP contribution is -2.34. The molecule has 23 heavy (non-hydrogen) atoms. The number of amides is 2. The van der Waals surface area contributed by atoms with Crippen LogP contribution >= 0.6 is 23.4 Å². The molecule has 0 aliphatic rings. The van der Waals surface area contributed by atoms with Crippen LogP contribution in [0.4, 0.5) is 0 Å². The lowest BCUT2D eigenvalue weighted by Gasteiger charge is -2.08. The Hall–Kier alpha value is -1.98. The standard InChI is InChI=1S/C17H17ClN2O2S/c1-23-13-8-6-12(7-9-13)16(21)19-10-11-20-17(22)14-4-2-3-5-15(14)18/h2-9H,10-11H2,1H3,(H,19,21)(H,20,22). The van der Waals surface area contributed by atoms with Crippen molar-refractivity contribution in [2.75, 3.05) is 19.3 Å². The van der Waals surface area contributed by atoms with Gasteiger partial charge in [0.2, 0.25) is 0 Å². The summed E-state index contributed by atoms with van der Waals surface area (Å²) in [5.74, 6) is -0.418. The molecule has 2 N–H and O–H groups in total. The second kappa shape index (κ2) is 8.60. The van der Waals surface area contributed by atoms with Gasteiger partial charge in [-0.25, -0.2) is 0 Å². The fraction of sp³-hybridized carbons (Fsp3) is 0.176. The van der Waals surface area contributed by atoms with Gasteiger partial charge in [0.15, 0.2) is 0 Å². The van der Waals surface area contributed by atoms with Crippen molar-refractivity contribution >= 4 is 35.2 Å². The molecule has 0 atom stereocenters. The molecular formula is C17H17ClN2O2S. The van der Waals surface area contributed by atoms with E-state index in [0.717, 1.165) is 4.90 Å². The minimum Gasteiger partial charge on any atom is -0.350 e. The summed E-state index contributed by atoms with van der Waals surface area (Å²) in [7, 11) is 0. The van der Waals surface area contributed by atoms with Crippen LogP contribution in [0, 0.1) is 0 Å². The van der Waals surface area contributed by atoms with Gasteiger partial charge in [0, 0.05) is 23.5 Å². The summed E-state index contributed by atoms with van der Waals surface area (Å²) in [5, 5.41) is 5.89. The Morgan fingerprint density at radius 1 is 0.957 bits per heavy atom. The number of thioether (sulfide) groups is 1. The highest BCUT2D eigenvalue weighted by Gasteiger charge is 2.09. The predicted octanol–water partition coefficient (Wildman–Crippen LogP) is 3.22.